The standard InChI is InChI=1S/C17H27N/c1-13(2)15-7-9-16(10-8-15)17-6-5-11-18(12-17)14(3)4/h7-10,13-14,17H,5-6,11-12H2,1-4H3. The molecule has 1 aliphatic rings. The van der Waals surface area contributed by atoms with Gasteiger partial charge in [-0.15, -0.1) is 0 Å². The van der Waals surface area contributed by atoms with Gasteiger partial charge in [0.25, 0.3) is 0 Å². The first kappa shape index (κ1) is 13.6. The van der Waals surface area contributed by atoms with Crippen LogP contribution < -0.4 is 0 Å². The first-order valence-corrected chi connectivity index (χ1v) is 7.42. The Morgan fingerprint density at radius 1 is 1.06 bits per heavy atom. The third-order valence-electron chi connectivity index (χ3n) is 4.26. The van der Waals surface area contributed by atoms with Gasteiger partial charge in [0.15, 0.2) is 0 Å². The molecule has 1 unspecified atom stereocenters. The van der Waals surface area contributed by atoms with Gasteiger partial charge in [0, 0.05) is 12.6 Å². The predicted octanol–water partition coefficient (Wildman–Crippen LogP) is 4.40. The highest BCUT2D eigenvalue weighted by atomic mass is 15.2. The minimum atomic E-state index is 0.637. The molecule has 1 atom stereocenters. The van der Waals surface area contributed by atoms with Gasteiger partial charge in [0.2, 0.25) is 0 Å². The van der Waals surface area contributed by atoms with Crippen molar-refractivity contribution in [2.24, 2.45) is 0 Å². The van der Waals surface area contributed by atoms with E-state index in [1.807, 2.05) is 0 Å². The average molecular weight is 245 g/mol. The zero-order chi connectivity index (χ0) is 13.1. The van der Waals surface area contributed by atoms with Crippen LogP contribution >= 0.6 is 0 Å². The van der Waals surface area contributed by atoms with E-state index in [0.29, 0.717) is 12.0 Å². The molecule has 18 heavy (non-hydrogen) atoms. The van der Waals surface area contributed by atoms with E-state index in [1.165, 1.54) is 37.1 Å². The average Bonchev–Trinajstić information content (AvgIpc) is 2.39. The molecule has 1 fully saturated rings. The van der Waals surface area contributed by atoms with E-state index in [1.54, 1.807) is 0 Å². The van der Waals surface area contributed by atoms with Crippen molar-refractivity contribution in [3.63, 3.8) is 0 Å². The molecule has 0 aromatic heterocycles. The lowest BCUT2D eigenvalue weighted by Crippen LogP contribution is -2.39. The second-order valence-corrected chi connectivity index (χ2v) is 6.25. The molecule has 0 N–H and O–H groups in total. The summed E-state index contributed by atoms with van der Waals surface area (Å²) < 4.78 is 0. The number of likely N-dealkylation sites (tertiary alicyclic amines) is 1. The lowest BCUT2D eigenvalue weighted by atomic mass is 9.88. The summed E-state index contributed by atoms with van der Waals surface area (Å²) in [5.41, 5.74) is 2.99. The maximum absolute atomic E-state index is 2.62. The fourth-order valence-electron chi connectivity index (χ4n) is 2.90. The van der Waals surface area contributed by atoms with Crippen molar-refractivity contribution in [1.29, 1.82) is 0 Å². The van der Waals surface area contributed by atoms with Crippen LogP contribution in [0.25, 0.3) is 0 Å². The van der Waals surface area contributed by atoms with Gasteiger partial charge in [-0.3, -0.25) is 0 Å². The Morgan fingerprint density at radius 3 is 2.28 bits per heavy atom. The molecule has 0 amide bonds. The second-order valence-electron chi connectivity index (χ2n) is 6.25. The Bertz CT molecular complexity index is 364. The van der Waals surface area contributed by atoms with Gasteiger partial charge in [0.1, 0.15) is 0 Å². The number of nitrogens with zero attached hydrogens (tertiary/aromatic N) is 1. The zero-order valence-corrected chi connectivity index (χ0v) is 12.3. The van der Waals surface area contributed by atoms with Crippen molar-refractivity contribution in [2.75, 3.05) is 13.1 Å². The molecule has 0 spiro atoms. The molecule has 1 saturated heterocycles. The second kappa shape index (κ2) is 5.88. The fraction of sp³-hybridized carbons (Fsp3) is 0.647. The SMILES string of the molecule is CC(C)c1ccc(C2CCCN(C(C)C)C2)cc1. The Hall–Kier alpha value is -0.820. The van der Waals surface area contributed by atoms with Crippen LogP contribution in [0.15, 0.2) is 24.3 Å². The van der Waals surface area contributed by atoms with Gasteiger partial charge in [-0.25, -0.2) is 0 Å². The van der Waals surface area contributed by atoms with Gasteiger partial charge in [-0.05, 0) is 56.2 Å². The van der Waals surface area contributed by atoms with Crippen LogP contribution in [-0.2, 0) is 0 Å². The summed E-state index contributed by atoms with van der Waals surface area (Å²) in [5.74, 6) is 1.37. The van der Waals surface area contributed by atoms with Crippen LogP contribution in [-0.4, -0.2) is 24.0 Å². The molecule has 1 heteroatoms. The van der Waals surface area contributed by atoms with Crippen molar-refractivity contribution < 1.29 is 0 Å². The molecule has 1 nitrogen and oxygen atoms in total. The van der Waals surface area contributed by atoms with Crippen molar-refractivity contribution in [2.45, 2.75) is 58.4 Å². The van der Waals surface area contributed by atoms with Gasteiger partial charge >= 0.3 is 0 Å². The first-order valence-electron chi connectivity index (χ1n) is 7.42. The molecule has 1 aliphatic heterocycles. The zero-order valence-electron chi connectivity index (χ0n) is 12.3. The Kier molecular flexibility index (Phi) is 4.45. The maximum Gasteiger partial charge on any atom is 0.00530 e. The summed E-state index contributed by atoms with van der Waals surface area (Å²) in [6.07, 6.45) is 2.69. The summed E-state index contributed by atoms with van der Waals surface area (Å²) >= 11 is 0. The van der Waals surface area contributed by atoms with Gasteiger partial charge in [0.05, 0.1) is 0 Å². The van der Waals surface area contributed by atoms with Crippen LogP contribution in [0, 0.1) is 0 Å². The number of piperidine rings is 1. The van der Waals surface area contributed by atoms with Gasteiger partial charge in [-0.1, -0.05) is 38.1 Å². The van der Waals surface area contributed by atoms with Crippen LogP contribution in [0.1, 0.15) is 63.5 Å². The van der Waals surface area contributed by atoms with Crippen molar-refractivity contribution in [1.82, 2.24) is 4.90 Å². The highest BCUT2D eigenvalue weighted by molar-refractivity contribution is 5.27. The van der Waals surface area contributed by atoms with Crippen molar-refractivity contribution in [3.8, 4) is 0 Å². The predicted molar refractivity (Wildman–Crippen MR) is 79.2 cm³/mol. The number of hydrogen-bond donors (Lipinski definition) is 0. The molecule has 0 radical (unpaired) electrons. The monoisotopic (exact) mass is 245 g/mol. The Labute approximate surface area is 112 Å². The molecule has 1 heterocycles. The topological polar surface area (TPSA) is 3.24 Å². The van der Waals surface area contributed by atoms with E-state index in [9.17, 15) is 0 Å². The molecular formula is C17H27N. The minimum Gasteiger partial charge on any atom is -0.300 e. The maximum atomic E-state index is 2.62. The van der Waals surface area contributed by atoms with E-state index in [-0.39, 0.29) is 0 Å². The smallest absolute Gasteiger partial charge is 0.00530 e. The molecule has 1 aromatic carbocycles. The lowest BCUT2D eigenvalue weighted by Gasteiger charge is -2.35. The summed E-state index contributed by atoms with van der Waals surface area (Å²) in [6.45, 7) is 11.7. The van der Waals surface area contributed by atoms with E-state index >= 15 is 0 Å². The van der Waals surface area contributed by atoms with Gasteiger partial charge < -0.3 is 4.90 Å². The van der Waals surface area contributed by atoms with Crippen LogP contribution in [0.4, 0.5) is 0 Å². The van der Waals surface area contributed by atoms with Crippen LogP contribution in [0.5, 0.6) is 0 Å². The van der Waals surface area contributed by atoms with Crippen molar-refractivity contribution in [3.05, 3.63) is 35.4 Å². The summed E-state index contributed by atoms with van der Waals surface area (Å²) in [4.78, 5) is 2.62. The molecule has 0 aliphatic carbocycles. The highest BCUT2D eigenvalue weighted by Gasteiger charge is 2.22. The molecule has 0 bridgehead atoms. The van der Waals surface area contributed by atoms with Crippen molar-refractivity contribution >= 4 is 0 Å². The first-order chi connectivity index (χ1) is 8.58. The number of benzene rings is 1. The fourth-order valence-corrected chi connectivity index (χ4v) is 2.90. The third-order valence-corrected chi connectivity index (χ3v) is 4.26. The Balaban J connectivity index is 2.06. The molecule has 2 rings (SSSR count). The quantitative estimate of drug-likeness (QED) is 0.763. The molecular weight excluding hydrogens is 218 g/mol. The number of hydrogen-bond acceptors (Lipinski definition) is 1. The largest absolute Gasteiger partial charge is 0.300 e. The Morgan fingerprint density at radius 2 is 1.72 bits per heavy atom. The van der Waals surface area contributed by atoms with E-state index < -0.39 is 0 Å². The van der Waals surface area contributed by atoms with E-state index in [2.05, 4.69) is 56.9 Å². The van der Waals surface area contributed by atoms with E-state index in [0.717, 1.165) is 5.92 Å². The summed E-state index contributed by atoms with van der Waals surface area (Å²) in [7, 11) is 0. The van der Waals surface area contributed by atoms with E-state index in [4.69, 9.17) is 0 Å². The van der Waals surface area contributed by atoms with Gasteiger partial charge in [-0.2, -0.15) is 0 Å². The lowest BCUT2D eigenvalue weighted by molar-refractivity contribution is 0.167. The normalized spacial score (nSPS) is 21.8. The third kappa shape index (κ3) is 3.14. The summed E-state index contributed by atoms with van der Waals surface area (Å²) in [6, 6.07) is 10.0. The molecule has 0 saturated carbocycles. The highest BCUT2D eigenvalue weighted by Crippen LogP contribution is 2.28. The molecule has 100 valence electrons. The van der Waals surface area contributed by atoms with Crippen LogP contribution in [0.2, 0.25) is 0 Å². The number of rotatable bonds is 3. The minimum absolute atomic E-state index is 0.637. The van der Waals surface area contributed by atoms with Crippen LogP contribution in [0.3, 0.4) is 0 Å². The molecule has 1 aromatic rings. The summed E-state index contributed by atoms with van der Waals surface area (Å²) in [5, 5.41) is 0.